The van der Waals surface area contributed by atoms with Gasteiger partial charge in [0.05, 0.1) is 4.90 Å². The predicted octanol–water partition coefficient (Wildman–Crippen LogP) is 1.51. The number of thioether (sulfide) groups is 1. The topological polar surface area (TPSA) is 66.4 Å². The van der Waals surface area contributed by atoms with E-state index in [-0.39, 0.29) is 16.2 Å². The molecule has 0 radical (unpaired) electrons. The van der Waals surface area contributed by atoms with Crippen LogP contribution in [0, 0.1) is 18.8 Å². The van der Waals surface area contributed by atoms with E-state index in [0.717, 1.165) is 24.0 Å². The second-order valence-electron chi connectivity index (χ2n) is 5.15. The summed E-state index contributed by atoms with van der Waals surface area (Å²) in [5, 5.41) is 8.70. The maximum absolute atomic E-state index is 12.3. The standard InChI is InChI=1S/C15H19NO3S2/c1-12-10-14(6-5-13(12)4-3-9-17)21(18,19)16-11-15(20-2)7-8-15/h5-6,10,16-17H,7-9,11H2,1-2H3. The molecule has 1 fully saturated rings. The molecule has 1 saturated carbocycles. The summed E-state index contributed by atoms with van der Waals surface area (Å²) in [4.78, 5) is 0.256. The van der Waals surface area contributed by atoms with E-state index in [9.17, 15) is 8.42 Å². The zero-order valence-corrected chi connectivity index (χ0v) is 13.8. The Bertz CT molecular complexity index is 683. The number of hydrogen-bond acceptors (Lipinski definition) is 4. The van der Waals surface area contributed by atoms with Crippen LogP contribution in [0.3, 0.4) is 0 Å². The number of sulfonamides is 1. The van der Waals surface area contributed by atoms with E-state index in [1.165, 1.54) is 0 Å². The highest BCUT2D eigenvalue weighted by Gasteiger charge is 2.42. The van der Waals surface area contributed by atoms with E-state index < -0.39 is 10.0 Å². The van der Waals surface area contributed by atoms with Gasteiger partial charge in [-0.25, -0.2) is 13.1 Å². The monoisotopic (exact) mass is 325 g/mol. The highest BCUT2D eigenvalue weighted by molar-refractivity contribution is 8.00. The van der Waals surface area contributed by atoms with Crippen molar-refractivity contribution in [2.24, 2.45) is 0 Å². The minimum absolute atomic E-state index is 0.0919. The molecule has 0 aliphatic heterocycles. The van der Waals surface area contributed by atoms with Gasteiger partial charge in [-0.15, -0.1) is 0 Å². The minimum atomic E-state index is -3.48. The SMILES string of the molecule is CSC1(CNS(=O)(=O)c2ccc(C#CCO)c(C)c2)CC1. The van der Waals surface area contributed by atoms with Crippen molar-refractivity contribution >= 4 is 21.8 Å². The Kier molecular flexibility index (Phi) is 4.99. The van der Waals surface area contributed by atoms with Crippen LogP contribution >= 0.6 is 11.8 Å². The summed E-state index contributed by atoms with van der Waals surface area (Å²) in [6.45, 7) is 2.07. The lowest BCUT2D eigenvalue weighted by atomic mass is 10.1. The molecule has 1 aliphatic carbocycles. The zero-order chi connectivity index (χ0) is 15.5. The van der Waals surface area contributed by atoms with Crippen LogP contribution in [0.5, 0.6) is 0 Å². The van der Waals surface area contributed by atoms with Crippen LogP contribution in [0.25, 0.3) is 0 Å². The lowest BCUT2D eigenvalue weighted by Gasteiger charge is -2.14. The first-order chi connectivity index (χ1) is 9.92. The van der Waals surface area contributed by atoms with Crippen LogP contribution in [-0.4, -0.2) is 37.7 Å². The van der Waals surface area contributed by atoms with E-state index >= 15 is 0 Å². The molecule has 114 valence electrons. The van der Waals surface area contributed by atoms with Crippen molar-refractivity contribution in [3.05, 3.63) is 29.3 Å². The number of aliphatic hydroxyl groups is 1. The Morgan fingerprint density at radius 2 is 2.14 bits per heavy atom. The maximum atomic E-state index is 12.3. The van der Waals surface area contributed by atoms with Gasteiger partial charge in [-0.2, -0.15) is 11.8 Å². The molecule has 0 saturated heterocycles. The lowest BCUT2D eigenvalue weighted by molar-refractivity contribution is 0.350. The third-order valence-electron chi connectivity index (χ3n) is 3.64. The number of hydrogen-bond donors (Lipinski definition) is 2. The molecule has 4 nitrogen and oxygen atoms in total. The molecular weight excluding hydrogens is 306 g/mol. The molecule has 6 heteroatoms. The number of rotatable bonds is 5. The van der Waals surface area contributed by atoms with E-state index in [1.807, 2.05) is 13.2 Å². The van der Waals surface area contributed by atoms with E-state index in [0.29, 0.717) is 6.54 Å². The normalized spacial score (nSPS) is 16.1. The van der Waals surface area contributed by atoms with Gasteiger partial charge in [-0.1, -0.05) is 11.8 Å². The van der Waals surface area contributed by atoms with Gasteiger partial charge in [0.15, 0.2) is 0 Å². The van der Waals surface area contributed by atoms with Gasteiger partial charge < -0.3 is 5.11 Å². The summed E-state index contributed by atoms with van der Waals surface area (Å²) >= 11 is 1.72. The third-order valence-corrected chi connectivity index (χ3v) is 6.45. The van der Waals surface area contributed by atoms with Crippen LogP contribution in [0.15, 0.2) is 23.1 Å². The molecule has 1 aromatic rings. The molecule has 1 aliphatic rings. The van der Waals surface area contributed by atoms with Crippen LogP contribution in [0.4, 0.5) is 0 Å². The molecule has 1 aromatic carbocycles. The van der Waals surface area contributed by atoms with E-state index in [4.69, 9.17) is 5.11 Å². The number of aryl methyl sites for hydroxylation is 1. The van der Waals surface area contributed by atoms with Crippen molar-refractivity contribution in [3.63, 3.8) is 0 Å². The zero-order valence-electron chi connectivity index (χ0n) is 12.1. The van der Waals surface area contributed by atoms with Gasteiger partial charge in [-0.05, 0) is 49.8 Å². The summed E-state index contributed by atoms with van der Waals surface area (Å²) < 4.78 is 27.4. The first-order valence-corrected chi connectivity index (χ1v) is 9.38. The molecule has 0 heterocycles. The summed E-state index contributed by atoms with van der Waals surface area (Å²) in [6.07, 6.45) is 4.14. The summed E-state index contributed by atoms with van der Waals surface area (Å²) in [5.41, 5.74) is 1.51. The lowest BCUT2D eigenvalue weighted by Crippen LogP contribution is -2.31. The molecule has 0 atom stereocenters. The second kappa shape index (κ2) is 6.41. The largest absolute Gasteiger partial charge is 0.384 e. The number of aliphatic hydroxyl groups excluding tert-OH is 1. The Hall–Kier alpha value is -1.00. The fourth-order valence-corrected chi connectivity index (χ4v) is 4.01. The fourth-order valence-electron chi connectivity index (χ4n) is 1.98. The molecule has 21 heavy (non-hydrogen) atoms. The highest BCUT2D eigenvalue weighted by Crippen LogP contribution is 2.46. The van der Waals surface area contributed by atoms with Crippen molar-refractivity contribution in [1.29, 1.82) is 0 Å². The van der Waals surface area contributed by atoms with Crippen molar-refractivity contribution in [2.75, 3.05) is 19.4 Å². The van der Waals surface area contributed by atoms with Crippen molar-refractivity contribution < 1.29 is 13.5 Å². The van der Waals surface area contributed by atoms with Crippen LogP contribution in [0.2, 0.25) is 0 Å². The van der Waals surface area contributed by atoms with Crippen molar-refractivity contribution in [3.8, 4) is 11.8 Å². The number of benzene rings is 1. The Morgan fingerprint density at radius 3 is 2.67 bits per heavy atom. The Balaban J connectivity index is 2.15. The third kappa shape index (κ3) is 4.01. The number of nitrogens with one attached hydrogen (secondary N) is 1. The van der Waals surface area contributed by atoms with Gasteiger partial charge in [0, 0.05) is 16.9 Å². The van der Waals surface area contributed by atoms with E-state index in [1.54, 1.807) is 30.0 Å². The highest BCUT2D eigenvalue weighted by atomic mass is 32.2. The molecule has 0 unspecified atom stereocenters. The average molecular weight is 325 g/mol. The fraction of sp³-hybridized carbons (Fsp3) is 0.467. The van der Waals surface area contributed by atoms with Gasteiger partial charge in [0.25, 0.3) is 0 Å². The predicted molar refractivity (Wildman–Crippen MR) is 85.8 cm³/mol. The van der Waals surface area contributed by atoms with Crippen LogP contribution in [0.1, 0.15) is 24.0 Å². The molecule has 0 amide bonds. The maximum Gasteiger partial charge on any atom is 0.240 e. The Morgan fingerprint density at radius 1 is 1.43 bits per heavy atom. The summed E-state index contributed by atoms with van der Waals surface area (Å²) in [5.74, 6) is 5.36. The van der Waals surface area contributed by atoms with Gasteiger partial charge in [-0.3, -0.25) is 0 Å². The van der Waals surface area contributed by atoms with Crippen LogP contribution in [-0.2, 0) is 10.0 Å². The molecule has 0 spiro atoms. The second-order valence-corrected chi connectivity index (χ2v) is 8.19. The Labute approximate surface area is 130 Å². The van der Waals surface area contributed by atoms with Crippen molar-refractivity contribution in [1.82, 2.24) is 4.72 Å². The van der Waals surface area contributed by atoms with Gasteiger partial charge in [0.2, 0.25) is 10.0 Å². The first kappa shape index (κ1) is 16.4. The van der Waals surface area contributed by atoms with E-state index in [2.05, 4.69) is 16.6 Å². The van der Waals surface area contributed by atoms with Gasteiger partial charge in [0.1, 0.15) is 6.61 Å². The first-order valence-electron chi connectivity index (χ1n) is 6.68. The smallest absolute Gasteiger partial charge is 0.240 e. The van der Waals surface area contributed by atoms with Gasteiger partial charge >= 0.3 is 0 Å². The average Bonchev–Trinajstić information content (AvgIpc) is 3.25. The van der Waals surface area contributed by atoms with Crippen molar-refractivity contribution in [2.45, 2.75) is 29.4 Å². The molecular formula is C15H19NO3S2. The minimum Gasteiger partial charge on any atom is -0.384 e. The molecule has 0 aromatic heterocycles. The summed E-state index contributed by atoms with van der Waals surface area (Å²) in [7, 11) is -3.48. The quantitative estimate of drug-likeness (QED) is 0.806. The molecule has 2 N–H and O–H groups in total. The van der Waals surface area contributed by atoms with Crippen LogP contribution < -0.4 is 4.72 Å². The summed E-state index contributed by atoms with van der Waals surface area (Å²) in [6, 6.07) is 4.84. The molecule has 0 bridgehead atoms. The molecule has 2 rings (SSSR count).